The van der Waals surface area contributed by atoms with Crippen molar-refractivity contribution < 1.29 is 33.2 Å². The van der Waals surface area contributed by atoms with E-state index in [1.54, 1.807) is 13.0 Å². The molecule has 0 aromatic carbocycles. The molecule has 3 heterocycles. The number of nitrogens with one attached hydrogen (secondary N) is 3. The average molecular weight is 520 g/mol. The van der Waals surface area contributed by atoms with Gasteiger partial charge in [-0.25, -0.2) is 0 Å². The SMILES string of the molecule is CC(C)C[C@H](NC(=O)CN1CC[C@H](NC(=O)CNC(=O)Cc2cc(C(C)C)on2)C1=O)C(=O)C1(C)CO1. The molecule has 12 heteroatoms. The molecular weight excluding hydrogens is 482 g/mol. The van der Waals surface area contributed by atoms with Gasteiger partial charge < -0.3 is 30.1 Å². The first-order valence-corrected chi connectivity index (χ1v) is 12.7. The van der Waals surface area contributed by atoms with Crippen molar-refractivity contribution >= 4 is 29.4 Å². The maximum Gasteiger partial charge on any atom is 0.245 e. The molecule has 4 amide bonds. The maximum absolute atomic E-state index is 12.7. The standard InChI is InChI=1S/C25H37N5O7/c1-14(2)8-18(23(34)25(5)13-36-25)28-22(33)12-30-7-6-17(24(30)35)27-21(32)11-26-20(31)10-16-9-19(15(3)4)37-29-16/h9,14-15,17-18H,6-8,10-13H2,1-5H3,(H,26,31)(H,27,32)(H,28,33)/t17-,18-,25?/m0/s1. The second-order valence-electron chi connectivity index (χ2n) is 10.6. The third kappa shape index (κ3) is 7.85. The highest BCUT2D eigenvalue weighted by molar-refractivity contribution is 5.98. The first-order valence-electron chi connectivity index (χ1n) is 12.7. The molecule has 0 aliphatic carbocycles. The summed E-state index contributed by atoms with van der Waals surface area (Å²) in [5.74, 6) is -0.905. The van der Waals surface area contributed by atoms with E-state index in [2.05, 4.69) is 21.1 Å². The molecule has 2 aliphatic heterocycles. The Hall–Kier alpha value is -3.28. The first-order chi connectivity index (χ1) is 17.4. The summed E-state index contributed by atoms with van der Waals surface area (Å²) >= 11 is 0. The molecule has 1 unspecified atom stereocenters. The number of likely N-dealkylation sites (tertiary alicyclic amines) is 1. The summed E-state index contributed by atoms with van der Waals surface area (Å²) in [7, 11) is 0. The number of ether oxygens (including phenoxy) is 1. The van der Waals surface area contributed by atoms with E-state index in [0.717, 1.165) is 0 Å². The van der Waals surface area contributed by atoms with Crippen LogP contribution in [0.3, 0.4) is 0 Å². The monoisotopic (exact) mass is 519 g/mol. The second kappa shape index (κ2) is 11.8. The van der Waals surface area contributed by atoms with E-state index in [0.29, 0.717) is 30.9 Å². The van der Waals surface area contributed by atoms with Gasteiger partial charge in [-0.3, -0.25) is 24.0 Å². The van der Waals surface area contributed by atoms with Crippen LogP contribution < -0.4 is 16.0 Å². The highest BCUT2D eigenvalue weighted by Crippen LogP contribution is 2.29. The number of nitrogens with zero attached hydrogens (tertiary/aromatic N) is 2. The van der Waals surface area contributed by atoms with Gasteiger partial charge in [0.25, 0.3) is 0 Å². The van der Waals surface area contributed by atoms with E-state index in [1.807, 2.05) is 27.7 Å². The fourth-order valence-corrected chi connectivity index (χ4v) is 4.10. The van der Waals surface area contributed by atoms with Crippen LogP contribution in [0.25, 0.3) is 0 Å². The molecule has 204 valence electrons. The second-order valence-corrected chi connectivity index (χ2v) is 10.6. The lowest BCUT2D eigenvalue weighted by Crippen LogP contribution is -2.51. The Bertz CT molecular complexity index is 1030. The number of aromatic nitrogens is 1. The number of Topliss-reactive ketones (excluding diaryl/α,β-unsaturated/α-hetero) is 1. The van der Waals surface area contributed by atoms with E-state index < -0.39 is 35.4 Å². The van der Waals surface area contributed by atoms with Gasteiger partial charge >= 0.3 is 0 Å². The number of ketones is 1. The number of hydrogen-bond acceptors (Lipinski definition) is 8. The average Bonchev–Trinajstić information content (AvgIpc) is 3.24. The molecule has 2 aliphatic rings. The Morgan fingerprint density at radius 3 is 2.46 bits per heavy atom. The van der Waals surface area contributed by atoms with Gasteiger partial charge in [0.05, 0.1) is 37.9 Å². The molecule has 37 heavy (non-hydrogen) atoms. The van der Waals surface area contributed by atoms with Crippen LogP contribution in [0.4, 0.5) is 0 Å². The Labute approximate surface area is 216 Å². The Morgan fingerprint density at radius 2 is 1.86 bits per heavy atom. The minimum atomic E-state index is -0.854. The third-order valence-corrected chi connectivity index (χ3v) is 6.36. The van der Waals surface area contributed by atoms with Crippen LogP contribution >= 0.6 is 0 Å². The van der Waals surface area contributed by atoms with Crippen molar-refractivity contribution in [2.24, 2.45) is 5.92 Å². The fraction of sp³-hybridized carbons (Fsp3) is 0.680. The summed E-state index contributed by atoms with van der Waals surface area (Å²) in [4.78, 5) is 63.8. The van der Waals surface area contributed by atoms with Gasteiger partial charge in [0, 0.05) is 18.5 Å². The van der Waals surface area contributed by atoms with Crippen LogP contribution in [0.2, 0.25) is 0 Å². The predicted molar refractivity (Wildman–Crippen MR) is 131 cm³/mol. The fourth-order valence-electron chi connectivity index (χ4n) is 4.10. The van der Waals surface area contributed by atoms with Gasteiger partial charge in [-0.2, -0.15) is 0 Å². The largest absolute Gasteiger partial charge is 0.361 e. The number of rotatable bonds is 13. The van der Waals surface area contributed by atoms with Gasteiger partial charge in [-0.05, 0) is 25.7 Å². The van der Waals surface area contributed by atoms with Crippen molar-refractivity contribution in [2.45, 2.75) is 77.5 Å². The van der Waals surface area contributed by atoms with Gasteiger partial charge in [0.15, 0.2) is 5.78 Å². The van der Waals surface area contributed by atoms with Crippen molar-refractivity contribution in [3.8, 4) is 0 Å². The van der Waals surface area contributed by atoms with Crippen LogP contribution in [-0.4, -0.2) is 83.4 Å². The number of hydrogen-bond donors (Lipinski definition) is 3. The lowest BCUT2D eigenvalue weighted by molar-refractivity contribution is -0.136. The van der Waals surface area contributed by atoms with Crippen molar-refractivity contribution in [2.75, 3.05) is 26.2 Å². The van der Waals surface area contributed by atoms with Crippen molar-refractivity contribution in [3.63, 3.8) is 0 Å². The number of amides is 4. The number of epoxide rings is 1. The summed E-state index contributed by atoms with van der Waals surface area (Å²) in [6.07, 6.45) is 0.779. The molecule has 0 saturated carbocycles. The zero-order valence-electron chi connectivity index (χ0n) is 22.1. The van der Waals surface area contributed by atoms with Crippen LogP contribution in [0.5, 0.6) is 0 Å². The van der Waals surface area contributed by atoms with E-state index in [-0.39, 0.29) is 49.6 Å². The molecule has 1 aromatic heterocycles. The molecule has 3 rings (SSSR count). The summed E-state index contributed by atoms with van der Waals surface area (Å²) < 4.78 is 10.4. The predicted octanol–water partition coefficient (Wildman–Crippen LogP) is 0.0627. The van der Waals surface area contributed by atoms with E-state index >= 15 is 0 Å². The molecule has 2 saturated heterocycles. The minimum Gasteiger partial charge on any atom is -0.361 e. The lowest BCUT2D eigenvalue weighted by Gasteiger charge is -2.23. The summed E-state index contributed by atoms with van der Waals surface area (Å²) in [6.45, 7) is 9.63. The Balaban J connectivity index is 1.42. The molecule has 0 spiro atoms. The zero-order chi connectivity index (χ0) is 27.3. The molecule has 12 nitrogen and oxygen atoms in total. The Kier molecular flexibility index (Phi) is 9.06. The molecular formula is C25H37N5O7. The highest BCUT2D eigenvalue weighted by atomic mass is 16.6. The molecule has 0 bridgehead atoms. The normalized spacial score (nSPS) is 21.8. The van der Waals surface area contributed by atoms with Gasteiger partial charge in [-0.15, -0.1) is 0 Å². The van der Waals surface area contributed by atoms with Crippen LogP contribution in [0, 0.1) is 5.92 Å². The molecule has 0 radical (unpaired) electrons. The quantitative estimate of drug-likeness (QED) is 0.308. The summed E-state index contributed by atoms with van der Waals surface area (Å²) in [6, 6.07) is 0.229. The molecule has 1 aromatic rings. The summed E-state index contributed by atoms with van der Waals surface area (Å²) in [5.41, 5.74) is -0.384. The van der Waals surface area contributed by atoms with Gasteiger partial charge in [0.1, 0.15) is 17.4 Å². The van der Waals surface area contributed by atoms with E-state index in [9.17, 15) is 24.0 Å². The maximum atomic E-state index is 12.7. The lowest BCUT2D eigenvalue weighted by atomic mass is 9.93. The van der Waals surface area contributed by atoms with Crippen LogP contribution in [-0.2, 0) is 35.1 Å². The first kappa shape index (κ1) is 28.3. The van der Waals surface area contributed by atoms with Gasteiger partial charge in [-0.1, -0.05) is 32.9 Å². The topological polar surface area (TPSA) is 163 Å². The van der Waals surface area contributed by atoms with Crippen molar-refractivity contribution in [3.05, 3.63) is 17.5 Å². The minimum absolute atomic E-state index is 0.0274. The van der Waals surface area contributed by atoms with E-state index in [1.165, 1.54) is 4.90 Å². The van der Waals surface area contributed by atoms with Crippen molar-refractivity contribution in [1.82, 2.24) is 26.0 Å². The van der Waals surface area contributed by atoms with Crippen LogP contribution in [0.15, 0.2) is 10.6 Å². The molecule has 3 N–H and O–H groups in total. The summed E-state index contributed by atoms with van der Waals surface area (Å²) in [5, 5.41) is 11.7. The zero-order valence-corrected chi connectivity index (χ0v) is 22.1. The molecule has 2 fully saturated rings. The van der Waals surface area contributed by atoms with Crippen LogP contribution in [0.1, 0.15) is 64.8 Å². The highest BCUT2D eigenvalue weighted by Gasteiger charge is 2.50. The smallest absolute Gasteiger partial charge is 0.245 e. The molecule has 3 atom stereocenters. The van der Waals surface area contributed by atoms with E-state index in [4.69, 9.17) is 9.26 Å². The van der Waals surface area contributed by atoms with Gasteiger partial charge in [0.2, 0.25) is 23.6 Å². The van der Waals surface area contributed by atoms with Crippen molar-refractivity contribution in [1.29, 1.82) is 0 Å². The third-order valence-electron chi connectivity index (χ3n) is 6.36. The Morgan fingerprint density at radius 1 is 1.16 bits per heavy atom. The number of carbonyl (C=O) groups is 5. The number of carbonyl (C=O) groups excluding carboxylic acids is 5.